The van der Waals surface area contributed by atoms with Crippen molar-refractivity contribution >= 4 is 18.0 Å². The number of rotatable bonds is 3. The number of carboxylic acids is 2. The zero-order valence-corrected chi connectivity index (χ0v) is 8.66. The van der Waals surface area contributed by atoms with E-state index in [4.69, 9.17) is 10.2 Å². The Morgan fingerprint density at radius 2 is 1.69 bits per heavy atom. The van der Waals surface area contributed by atoms with Crippen LogP contribution in [0.25, 0.3) is 0 Å². The largest absolute Gasteiger partial charge is 0.481 e. The number of carboxylic acid groups (broad SMARTS) is 2. The maximum Gasteiger partial charge on any atom is 0.320 e. The van der Waals surface area contributed by atoms with Gasteiger partial charge in [0.2, 0.25) is 0 Å². The summed E-state index contributed by atoms with van der Waals surface area (Å²) in [7, 11) is 1.61. The van der Waals surface area contributed by atoms with Crippen molar-refractivity contribution in [3.63, 3.8) is 0 Å². The monoisotopic (exact) mass is 228 g/mol. The van der Waals surface area contributed by atoms with Crippen LogP contribution in [0.4, 0.5) is 4.79 Å². The third-order valence-electron chi connectivity index (χ3n) is 3.16. The van der Waals surface area contributed by atoms with Gasteiger partial charge in [-0.1, -0.05) is 0 Å². The second-order valence-corrected chi connectivity index (χ2v) is 4.12. The maximum atomic E-state index is 11.6. The highest BCUT2D eigenvalue weighted by Gasteiger charge is 2.64. The fourth-order valence-electron chi connectivity index (χ4n) is 2.23. The maximum absolute atomic E-state index is 11.6. The summed E-state index contributed by atoms with van der Waals surface area (Å²) < 4.78 is 0. The van der Waals surface area contributed by atoms with Gasteiger partial charge in [0.25, 0.3) is 0 Å². The first-order valence-corrected chi connectivity index (χ1v) is 4.92. The lowest BCUT2D eigenvalue weighted by Gasteiger charge is -2.15. The molecule has 2 N–H and O–H groups in total. The van der Waals surface area contributed by atoms with Crippen LogP contribution >= 0.6 is 0 Å². The molecule has 0 aromatic carbocycles. The van der Waals surface area contributed by atoms with Crippen LogP contribution in [0.2, 0.25) is 0 Å². The summed E-state index contributed by atoms with van der Waals surface area (Å²) in [5, 5.41) is 17.7. The van der Waals surface area contributed by atoms with Gasteiger partial charge in [-0.05, 0) is 0 Å². The lowest BCUT2D eigenvalue weighted by Crippen LogP contribution is -2.34. The first kappa shape index (κ1) is 10.7. The van der Waals surface area contributed by atoms with Gasteiger partial charge in [0.15, 0.2) is 0 Å². The predicted octanol–water partition coefficient (Wildman–Crippen LogP) is -0.862. The second kappa shape index (κ2) is 3.36. The van der Waals surface area contributed by atoms with E-state index in [9.17, 15) is 14.4 Å². The van der Waals surface area contributed by atoms with Gasteiger partial charge in [-0.3, -0.25) is 9.59 Å². The molecule has 16 heavy (non-hydrogen) atoms. The Bertz CT molecular complexity index is 349. The molecule has 1 aliphatic heterocycles. The van der Waals surface area contributed by atoms with Crippen molar-refractivity contribution in [3.05, 3.63) is 0 Å². The fourth-order valence-corrected chi connectivity index (χ4v) is 2.23. The van der Waals surface area contributed by atoms with Crippen LogP contribution in [0, 0.1) is 11.8 Å². The van der Waals surface area contributed by atoms with Gasteiger partial charge in [0.1, 0.15) is 0 Å². The smallest absolute Gasteiger partial charge is 0.320 e. The van der Waals surface area contributed by atoms with Crippen LogP contribution in [0.1, 0.15) is 0 Å². The number of nitrogens with zero attached hydrogens (tertiary/aromatic N) is 2. The Labute approximate surface area is 91.2 Å². The van der Waals surface area contributed by atoms with Gasteiger partial charge in [-0.2, -0.15) is 0 Å². The Morgan fingerprint density at radius 1 is 1.19 bits per heavy atom. The van der Waals surface area contributed by atoms with Crippen LogP contribution in [0.3, 0.4) is 0 Å². The highest BCUT2D eigenvalue weighted by molar-refractivity contribution is 5.90. The summed E-state index contributed by atoms with van der Waals surface area (Å²) in [6, 6.07) is -0.979. The highest BCUT2D eigenvalue weighted by Crippen LogP contribution is 2.44. The van der Waals surface area contributed by atoms with E-state index in [2.05, 4.69) is 0 Å². The predicted molar refractivity (Wildman–Crippen MR) is 50.8 cm³/mol. The molecule has 0 unspecified atom stereocenters. The molecule has 0 aromatic heterocycles. The molecule has 0 aromatic rings. The first-order valence-electron chi connectivity index (χ1n) is 4.92. The molecular formula is C9H12N2O5. The number of likely N-dealkylation sites (N-methyl/N-ethyl adjacent to an activating group) is 1. The third-order valence-corrected chi connectivity index (χ3v) is 3.16. The molecule has 1 saturated heterocycles. The van der Waals surface area contributed by atoms with Crippen LogP contribution in [-0.2, 0) is 9.59 Å². The molecule has 88 valence electrons. The lowest BCUT2D eigenvalue weighted by molar-refractivity contribution is -0.144. The Kier molecular flexibility index (Phi) is 2.25. The number of hydrogen-bond acceptors (Lipinski definition) is 3. The molecular weight excluding hydrogens is 216 g/mol. The number of urea groups is 1. The number of amides is 2. The van der Waals surface area contributed by atoms with E-state index >= 15 is 0 Å². The average Bonchev–Trinajstić information content (AvgIpc) is 2.85. The third kappa shape index (κ3) is 1.39. The molecule has 7 heteroatoms. The van der Waals surface area contributed by atoms with Crippen molar-refractivity contribution in [3.8, 4) is 0 Å². The van der Waals surface area contributed by atoms with Crippen LogP contribution in [0.15, 0.2) is 0 Å². The van der Waals surface area contributed by atoms with E-state index in [1.165, 1.54) is 9.80 Å². The Hall–Kier alpha value is -1.79. The SMILES string of the molecule is CN1CCN(C2[C@H](C(=O)O)[C@H]2C(=O)O)C1=O. The lowest BCUT2D eigenvalue weighted by atomic mass is 10.3. The van der Waals surface area contributed by atoms with Crippen molar-refractivity contribution in [2.45, 2.75) is 6.04 Å². The van der Waals surface area contributed by atoms with E-state index in [-0.39, 0.29) is 6.03 Å². The quantitative estimate of drug-likeness (QED) is 0.654. The number of hydrogen-bond donors (Lipinski definition) is 2. The minimum Gasteiger partial charge on any atom is -0.481 e. The second-order valence-electron chi connectivity index (χ2n) is 4.12. The molecule has 1 heterocycles. The van der Waals surface area contributed by atoms with Crippen molar-refractivity contribution in [2.24, 2.45) is 11.8 Å². The summed E-state index contributed by atoms with van der Waals surface area (Å²) in [5.41, 5.74) is 0. The van der Waals surface area contributed by atoms with Gasteiger partial charge >= 0.3 is 18.0 Å². The summed E-state index contributed by atoms with van der Waals surface area (Å²) >= 11 is 0. The molecule has 2 rings (SSSR count). The van der Waals surface area contributed by atoms with Gasteiger partial charge < -0.3 is 20.0 Å². The summed E-state index contributed by atoms with van der Waals surface area (Å²) in [6.45, 7) is 0.904. The molecule has 2 atom stereocenters. The standard InChI is InChI=1S/C9H12N2O5/c1-10-2-3-11(9(10)16)6-4(7(12)13)5(6)8(14)15/h4-6H,2-3H2,1H3,(H,12,13)(H,14,15)/t4-,5-/m1/s1. The number of carbonyl (C=O) groups excluding carboxylic acids is 1. The van der Waals surface area contributed by atoms with Gasteiger partial charge in [-0.15, -0.1) is 0 Å². The molecule has 2 fully saturated rings. The van der Waals surface area contributed by atoms with E-state index in [1.54, 1.807) is 7.05 Å². The fraction of sp³-hybridized carbons (Fsp3) is 0.667. The highest BCUT2D eigenvalue weighted by atomic mass is 16.4. The summed E-state index contributed by atoms with van der Waals surface area (Å²) in [5.74, 6) is -4.24. The molecule has 2 aliphatic rings. The molecule has 0 spiro atoms. The van der Waals surface area contributed by atoms with Gasteiger partial charge in [0, 0.05) is 20.1 Å². The van der Waals surface area contributed by atoms with Crippen molar-refractivity contribution in [2.75, 3.05) is 20.1 Å². The van der Waals surface area contributed by atoms with Crippen molar-refractivity contribution < 1.29 is 24.6 Å². The number of carbonyl (C=O) groups is 3. The Balaban J connectivity index is 2.14. The molecule has 7 nitrogen and oxygen atoms in total. The molecule has 2 amide bonds. The van der Waals surface area contributed by atoms with E-state index in [0.29, 0.717) is 13.1 Å². The van der Waals surface area contributed by atoms with Gasteiger partial charge in [-0.25, -0.2) is 4.79 Å². The summed E-state index contributed by atoms with van der Waals surface area (Å²) in [4.78, 5) is 36.0. The van der Waals surface area contributed by atoms with E-state index in [1.807, 2.05) is 0 Å². The van der Waals surface area contributed by atoms with Crippen LogP contribution in [0.5, 0.6) is 0 Å². The minimum absolute atomic E-state index is 0.292. The molecule has 1 saturated carbocycles. The van der Waals surface area contributed by atoms with Crippen molar-refractivity contribution in [1.82, 2.24) is 9.80 Å². The number of aliphatic carboxylic acids is 2. The first-order chi connectivity index (χ1) is 7.45. The topological polar surface area (TPSA) is 98.2 Å². The zero-order valence-electron chi connectivity index (χ0n) is 8.66. The van der Waals surface area contributed by atoms with Crippen molar-refractivity contribution in [1.29, 1.82) is 0 Å². The van der Waals surface area contributed by atoms with Crippen LogP contribution < -0.4 is 0 Å². The van der Waals surface area contributed by atoms with Gasteiger partial charge in [0.05, 0.1) is 17.9 Å². The van der Waals surface area contributed by atoms with E-state index < -0.39 is 29.8 Å². The summed E-state index contributed by atoms with van der Waals surface area (Å²) in [6.07, 6.45) is 0. The Morgan fingerprint density at radius 3 is 2.00 bits per heavy atom. The zero-order chi connectivity index (χ0) is 12.0. The molecule has 1 aliphatic carbocycles. The minimum atomic E-state index is -1.15. The van der Waals surface area contributed by atoms with E-state index in [0.717, 1.165) is 0 Å². The average molecular weight is 228 g/mol. The molecule has 0 bridgehead atoms. The van der Waals surface area contributed by atoms with Crippen LogP contribution in [-0.4, -0.2) is 64.2 Å². The molecule has 0 radical (unpaired) electrons. The normalized spacial score (nSPS) is 33.1.